The summed E-state index contributed by atoms with van der Waals surface area (Å²) in [7, 11) is 6.20. The lowest BCUT2D eigenvalue weighted by Crippen LogP contribution is -2.35. The minimum Gasteiger partial charge on any atom is -0.378 e. The lowest BCUT2D eigenvalue weighted by Gasteiger charge is -2.27. The van der Waals surface area contributed by atoms with Gasteiger partial charge in [-0.2, -0.15) is 0 Å². The SMILES string of the molecule is CNC(C(C)C)C(C)c1ccc(N(C)C)cc1. The molecule has 0 saturated carbocycles. The third-order valence-electron chi connectivity index (χ3n) is 3.53. The van der Waals surface area contributed by atoms with Gasteiger partial charge in [-0.05, 0) is 36.6 Å². The minimum atomic E-state index is 0.528. The minimum absolute atomic E-state index is 0.528. The molecule has 1 aromatic carbocycles. The van der Waals surface area contributed by atoms with Crippen molar-refractivity contribution >= 4 is 5.69 Å². The number of likely N-dealkylation sites (N-methyl/N-ethyl adjacent to an activating group) is 1. The molecule has 0 aliphatic carbocycles. The van der Waals surface area contributed by atoms with Gasteiger partial charge in [-0.15, -0.1) is 0 Å². The van der Waals surface area contributed by atoms with E-state index in [1.54, 1.807) is 0 Å². The van der Waals surface area contributed by atoms with Crippen LogP contribution in [0.2, 0.25) is 0 Å². The van der Waals surface area contributed by atoms with Gasteiger partial charge in [0.25, 0.3) is 0 Å². The lowest BCUT2D eigenvalue weighted by atomic mass is 9.86. The van der Waals surface area contributed by atoms with Gasteiger partial charge in [-0.25, -0.2) is 0 Å². The van der Waals surface area contributed by atoms with E-state index in [0.717, 1.165) is 0 Å². The molecule has 2 heteroatoms. The summed E-state index contributed by atoms with van der Waals surface area (Å²) in [6.07, 6.45) is 0. The van der Waals surface area contributed by atoms with Gasteiger partial charge in [0.2, 0.25) is 0 Å². The molecule has 0 aliphatic heterocycles. The van der Waals surface area contributed by atoms with Gasteiger partial charge in [0.15, 0.2) is 0 Å². The molecular formula is C15H26N2. The Morgan fingerprint density at radius 3 is 1.88 bits per heavy atom. The van der Waals surface area contributed by atoms with Crippen LogP contribution in [0.25, 0.3) is 0 Å². The zero-order chi connectivity index (χ0) is 13.0. The van der Waals surface area contributed by atoms with Crippen LogP contribution in [0.5, 0.6) is 0 Å². The molecule has 2 nitrogen and oxygen atoms in total. The molecule has 17 heavy (non-hydrogen) atoms. The number of rotatable bonds is 5. The molecule has 2 atom stereocenters. The highest BCUT2D eigenvalue weighted by molar-refractivity contribution is 5.46. The number of nitrogens with zero attached hydrogens (tertiary/aromatic N) is 1. The summed E-state index contributed by atoms with van der Waals surface area (Å²) in [5.41, 5.74) is 2.66. The summed E-state index contributed by atoms with van der Waals surface area (Å²) in [5, 5.41) is 3.43. The van der Waals surface area contributed by atoms with Crippen LogP contribution in [0.4, 0.5) is 5.69 Å². The second-order valence-electron chi connectivity index (χ2n) is 5.33. The Labute approximate surface area is 106 Å². The Morgan fingerprint density at radius 2 is 1.53 bits per heavy atom. The number of hydrogen-bond donors (Lipinski definition) is 1. The molecule has 0 bridgehead atoms. The molecular weight excluding hydrogens is 208 g/mol. The number of benzene rings is 1. The molecule has 1 aromatic rings. The van der Waals surface area contributed by atoms with Crippen molar-refractivity contribution in [1.82, 2.24) is 5.32 Å². The molecule has 2 unspecified atom stereocenters. The Hall–Kier alpha value is -1.02. The first-order valence-electron chi connectivity index (χ1n) is 6.42. The van der Waals surface area contributed by atoms with E-state index in [-0.39, 0.29) is 0 Å². The van der Waals surface area contributed by atoms with E-state index in [1.807, 2.05) is 0 Å². The van der Waals surface area contributed by atoms with Gasteiger partial charge in [0.05, 0.1) is 0 Å². The van der Waals surface area contributed by atoms with E-state index in [1.165, 1.54) is 11.3 Å². The Morgan fingerprint density at radius 1 is 1.00 bits per heavy atom. The predicted molar refractivity (Wildman–Crippen MR) is 76.9 cm³/mol. The third-order valence-corrected chi connectivity index (χ3v) is 3.53. The van der Waals surface area contributed by atoms with E-state index in [9.17, 15) is 0 Å². The maximum Gasteiger partial charge on any atom is 0.0361 e. The van der Waals surface area contributed by atoms with Crippen molar-refractivity contribution in [3.05, 3.63) is 29.8 Å². The molecule has 0 aliphatic rings. The second-order valence-corrected chi connectivity index (χ2v) is 5.33. The van der Waals surface area contributed by atoms with Gasteiger partial charge in [0.1, 0.15) is 0 Å². The molecule has 1 rings (SSSR count). The van der Waals surface area contributed by atoms with Gasteiger partial charge < -0.3 is 10.2 Å². The zero-order valence-corrected chi connectivity index (χ0v) is 12.0. The molecule has 0 saturated heterocycles. The summed E-state index contributed by atoms with van der Waals surface area (Å²) in [4.78, 5) is 2.13. The van der Waals surface area contributed by atoms with E-state index >= 15 is 0 Å². The van der Waals surface area contributed by atoms with Crippen LogP contribution in [0.1, 0.15) is 32.3 Å². The molecule has 1 N–H and O–H groups in total. The first kappa shape index (κ1) is 14.0. The van der Waals surface area contributed by atoms with Crippen LogP contribution in [0, 0.1) is 5.92 Å². The summed E-state index contributed by atoms with van der Waals surface area (Å²) in [6, 6.07) is 9.40. The molecule has 0 fully saturated rings. The summed E-state index contributed by atoms with van der Waals surface area (Å²) in [5.74, 6) is 1.18. The van der Waals surface area contributed by atoms with Crippen LogP contribution in [0.3, 0.4) is 0 Å². The second kappa shape index (κ2) is 6.06. The molecule has 0 heterocycles. The maximum absolute atomic E-state index is 3.43. The monoisotopic (exact) mass is 234 g/mol. The van der Waals surface area contributed by atoms with Gasteiger partial charge in [-0.3, -0.25) is 0 Å². The van der Waals surface area contributed by atoms with Crippen molar-refractivity contribution < 1.29 is 0 Å². The molecule has 0 spiro atoms. The van der Waals surface area contributed by atoms with Crippen molar-refractivity contribution in [3.8, 4) is 0 Å². The van der Waals surface area contributed by atoms with E-state index < -0.39 is 0 Å². The fourth-order valence-corrected chi connectivity index (χ4v) is 2.44. The van der Waals surface area contributed by atoms with Gasteiger partial charge >= 0.3 is 0 Å². The first-order chi connectivity index (χ1) is 7.97. The van der Waals surface area contributed by atoms with E-state index in [2.05, 4.69) is 76.4 Å². The average molecular weight is 234 g/mol. The van der Waals surface area contributed by atoms with Crippen molar-refractivity contribution in [2.75, 3.05) is 26.0 Å². The number of hydrogen-bond acceptors (Lipinski definition) is 2. The quantitative estimate of drug-likeness (QED) is 0.842. The predicted octanol–water partition coefficient (Wildman–Crippen LogP) is 3.10. The van der Waals surface area contributed by atoms with Crippen LogP contribution < -0.4 is 10.2 Å². The zero-order valence-electron chi connectivity index (χ0n) is 12.0. The molecule has 0 aromatic heterocycles. The Balaban J connectivity index is 2.85. The standard InChI is InChI=1S/C15H26N2/c1-11(2)15(16-4)12(3)13-7-9-14(10-8-13)17(5)6/h7-12,15-16H,1-6H3. The Bertz CT molecular complexity index is 327. The van der Waals surface area contributed by atoms with Crippen LogP contribution >= 0.6 is 0 Å². The smallest absolute Gasteiger partial charge is 0.0361 e. The van der Waals surface area contributed by atoms with Crippen LogP contribution in [-0.4, -0.2) is 27.2 Å². The van der Waals surface area contributed by atoms with Crippen LogP contribution in [-0.2, 0) is 0 Å². The van der Waals surface area contributed by atoms with Crippen LogP contribution in [0.15, 0.2) is 24.3 Å². The fourth-order valence-electron chi connectivity index (χ4n) is 2.44. The highest BCUT2D eigenvalue weighted by Crippen LogP contribution is 2.25. The largest absolute Gasteiger partial charge is 0.378 e. The van der Waals surface area contributed by atoms with Crippen molar-refractivity contribution in [2.45, 2.75) is 32.7 Å². The highest BCUT2D eigenvalue weighted by Gasteiger charge is 2.20. The fraction of sp³-hybridized carbons (Fsp3) is 0.600. The number of nitrogens with one attached hydrogen (secondary N) is 1. The maximum atomic E-state index is 3.43. The van der Waals surface area contributed by atoms with E-state index in [4.69, 9.17) is 0 Å². The average Bonchev–Trinajstić information content (AvgIpc) is 2.29. The molecule has 0 amide bonds. The normalized spacial score (nSPS) is 14.8. The molecule has 96 valence electrons. The Kier molecular flexibility index (Phi) is 5.01. The third kappa shape index (κ3) is 3.47. The first-order valence-corrected chi connectivity index (χ1v) is 6.42. The van der Waals surface area contributed by atoms with Crippen molar-refractivity contribution in [1.29, 1.82) is 0 Å². The van der Waals surface area contributed by atoms with E-state index in [0.29, 0.717) is 17.9 Å². The summed E-state index contributed by atoms with van der Waals surface area (Å²) in [6.45, 7) is 6.84. The van der Waals surface area contributed by atoms with Gasteiger partial charge in [0, 0.05) is 25.8 Å². The number of anilines is 1. The topological polar surface area (TPSA) is 15.3 Å². The van der Waals surface area contributed by atoms with Gasteiger partial charge in [-0.1, -0.05) is 32.9 Å². The van der Waals surface area contributed by atoms with Crippen molar-refractivity contribution in [3.63, 3.8) is 0 Å². The molecule has 0 radical (unpaired) electrons. The summed E-state index contributed by atoms with van der Waals surface area (Å²) >= 11 is 0. The highest BCUT2D eigenvalue weighted by atomic mass is 15.1. The van der Waals surface area contributed by atoms with Crippen molar-refractivity contribution in [2.24, 2.45) is 5.92 Å². The summed E-state index contributed by atoms with van der Waals surface area (Å²) < 4.78 is 0. The lowest BCUT2D eigenvalue weighted by molar-refractivity contribution is 0.376.